The van der Waals surface area contributed by atoms with Crippen LogP contribution < -0.4 is 11.1 Å². The van der Waals surface area contributed by atoms with Crippen LogP contribution in [0.3, 0.4) is 0 Å². The third-order valence-electron chi connectivity index (χ3n) is 7.02. The number of hydrogen-bond donors (Lipinski definition) is 2. The van der Waals surface area contributed by atoms with E-state index in [2.05, 4.69) is 40.5 Å². The Balaban J connectivity index is 0.00000140. The van der Waals surface area contributed by atoms with Gasteiger partial charge in [0.25, 0.3) is 0 Å². The van der Waals surface area contributed by atoms with E-state index in [1.807, 2.05) is 0 Å². The molecule has 4 rings (SSSR count). The van der Waals surface area contributed by atoms with Crippen LogP contribution in [-0.2, 0) is 4.79 Å². The van der Waals surface area contributed by atoms with Gasteiger partial charge in [-0.05, 0) is 69.0 Å². The molecule has 3 N–H and O–H groups in total. The quantitative estimate of drug-likeness (QED) is 0.747. The van der Waals surface area contributed by atoms with E-state index in [1.165, 1.54) is 37.7 Å². The first-order chi connectivity index (χ1) is 12.7. The molecule has 158 valence electrons. The highest BCUT2D eigenvalue weighted by Crippen LogP contribution is 2.42. The van der Waals surface area contributed by atoms with E-state index in [0.29, 0.717) is 23.9 Å². The topological polar surface area (TPSA) is 58.4 Å². The molecule has 1 amide bonds. The number of fused-ring (bicyclic) bond motifs is 2. The number of carbonyl (C=O) groups is 1. The molecular weight excluding hydrogens is 393 g/mol. The Morgan fingerprint density at radius 2 is 1.64 bits per heavy atom. The molecule has 0 radical (unpaired) electrons. The zero-order valence-corrected chi connectivity index (χ0v) is 18.2. The molecule has 28 heavy (non-hydrogen) atoms. The highest BCUT2D eigenvalue weighted by Gasteiger charge is 2.40. The average molecular weight is 428 g/mol. The number of halogens is 2. The fourth-order valence-corrected chi connectivity index (χ4v) is 5.53. The zero-order valence-electron chi connectivity index (χ0n) is 16.6. The lowest BCUT2D eigenvalue weighted by Crippen LogP contribution is -2.49. The molecule has 2 saturated carbocycles. The van der Waals surface area contributed by atoms with Gasteiger partial charge in [0.1, 0.15) is 0 Å². The summed E-state index contributed by atoms with van der Waals surface area (Å²) in [6.07, 6.45) is 8.22. The van der Waals surface area contributed by atoms with E-state index in [0.717, 1.165) is 32.5 Å². The molecule has 3 unspecified atom stereocenters. The lowest BCUT2D eigenvalue weighted by atomic mass is 9.65. The second-order valence-electron chi connectivity index (χ2n) is 8.61. The number of rotatable bonds is 5. The standard InChI is InChI=1S/C22H33N3O.2ClH/c23-21-17-9-6-10-18(21)14-19(13-17)22(26)24-15-20(25-11-4-5-12-25)16-7-2-1-3-8-16;;/h1-3,7-8,17-21H,4-6,9-15,23H2,(H,24,26);2*1H. The first-order valence-corrected chi connectivity index (χ1v) is 10.5. The Bertz CT molecular complexity index is 595. The third kappa shape index (κ3) is 5.21. The smallest absolute Gasteiger partial charge is 0.223 e. The van der Waals surface area contributed by atoms with Crippen molar-refractivity contribution in [3.8, 4) is 0 Å². The number of carbonyl (C=O) groups excluding carboxylic acids is 1. The molecule has 4 nitrogen and oxygen atoms in total. The lowest BCUT2D eigenvalue weighted by Gasteiger charge is -2.43. The summed E-state index contributed by atoms with van der Waals surface area (Å²) in [5.41, 5.74) is 7.71. The Hall–Kier alpha value is -0.810. The molecule has 2 bridgehead atoms. The van der Waals surface area contributed by atoms with Crippen LogP contribution in [0.4, 0.5) is 0 Å². The molecule has 0 spiro atoms. The number of likely N-dealkylation sites (tertiary alicyclic amines) is 1. The van der Waals surface area contributed by atoms with Crippen molar-refractivity contribution in [2.45, 2.75) is 57.0 Å². The molecule has 1 aromatic carbocycles. The van der Waals surface area contributed by atoms with Gasteiger partial charge in [-0.2, -0.15) is 0 Å². The summed E-state index contributed by atoms with van der Waals surface area (Å²) in [5.74, 6) is 1.54. The van der Waals surface area contributed by atoms with Crippen LogP contribution in [0.2, 0.25) is 0 Å². The van der Waals surface area contributed by atoms with E-state index in [4.69, 9.17) is 5.73 Å². The molecule has 3 fully saturated rings. The van der Waals surface area contributed by atoms with E-state index in [1.54, 1.807) is 0 Å². The normalized spacial score (nSPS) is 30.6. The molecule has 1 aromatic rings. The Morgan fingerprint density at radius 3 is 2.25 bits per heavy atom. The molecular formula is C22H35Cl2N3O. The highest BCUT2D eigenvalue weighted by molar-refractivity contribution is 5.85. The fourth-order valence-electron chi connectivity index (χ4n) is 5.53. The first-order valence-electron chi connectivity index (χ1n) is 10.5. The summed E-state index contributed by atoms with van der Waals surface area (Å²) in [6, 6.07) is 11.3. The van der Waals surface area contributed by atoms with Crippen LogP contribution >= 0.6 is 24.8 Å². The second-order valence-corrected chi connectivity index (χ2v) is 8.61. The van der Waals surface area contributed by atoms with Crippen molar-refractivity contribution >= 4 is 30.7 Å². The predicted molar refractivity (Wildman–Crippen MR) is 119 cm³/mol. The van der Waals surface area contributed by atoms with Crippen molar-refractivity contribution in [3.05, 3.63) is 35.9 Å². The van der Waals surface area contributed by atoms with Gasteiger partial charge >= 0.3 is 0 Å². The van der Waals surface area contributed by atoms with E-state index in [9.17, 15) is 4.79 Å². The maximum atomic E-state index is 12.9. The van der Waals surface area contributed by atoms with Gasteiger partial charge in [-0.25, -0.2) is 0 Å². The number of hydrogen-bond acceptors (Lipinski definition) is 3. The largest absolute Gasteiger partial charge is 0.354 e. The minimum atomic E-state index is 0. The summed E-state index contributed by atoms with van der Waals surface area (Å²) < 4.78 is 0. The number of nitrogens with zero attached hydrogens (tertiary/aromatic N) is 1. The molecule has 3 atom stereocenters. The maximum Gasteiger partial charge on any atom is 0.223 e. The molecule has 6 heteroatoms. The van der Waals surface area contributed by atoms with Crippen LogP contribution in [0.5, 0.6) is 0 Å². The monoisotopic (exact) mass is 427 g/mol. The SMILES string of the molecule is Cl.Cl.NC1C2CCCC1CC(C(=O)NCC(c1ccccc1)N1CCCC1)C2. The van der Waals surface area contributed by atoms with Crippen LogP contribution in [-0.4, -0.2) is 36.5 Å². The molecule has 1 heterocycles. The molecule has 1 saturated heterocycles. The van der Waals surface area contributed by atoms with Crippen LogP contribution in [0.1, 0.15) is 56.6 Å². The lowest BCUT2D eigenvalue weighted by molar-refractivity contribution is -0.128. The van der Waals surface area contributed by atoms with Crippen molar-refractivity contribution in [1.29, 1.82) is 0 Å². The summed E-state index contributed by atoms with van der Waals surface area (Å²) in [5, 5.41) is 3.31. The van der Waals surface area contributed by atoms with Gasteiger partial charge in [-0.1, -0.05) is 36.8 Å². The van der Waals surface area contributed by atoms with E-state index in [-0.39, 0.29) is 36.6 Å². The van der Waals surface area contributed by atoms with Crippen molar-refractivity contribution in [2.24, 2.45) is 23.5 Å². The van der Waals surface area contributed by atoms with Gasteiger partial charge in [-0.15, -0.1) is 24.8 Å². The Kier molecular flexibility index (Phi) is 9.07. The van der Waals surface area contributed by atoms with Crippen molar-refractivity contribution in [1.82, 2.24) is 10.2 Å². The summed E-state index contributed by atoms with van der Waals surface area (Å²) >= 11 is 0. The minimum Gasteiger partial charge on any atom is -0.354 e. The Labute approximate surface area is 181 Å². The Morgan fingerprint density at radius 1 is 1.04 bits per heavy atom. The summed E-state index contributed by atoms with van der Waals surface area (Å²) in [6.45, 7) is 3.00. The van der Waals surface area contributed by atoms with Crippen LogP contribution in [0, 0.1) is 17.8 Å². The van der Waals surface area contributed by atoms with Crippen LogP contribution in [0.25, 0.3) is 0 Å². The van der Waals surface area contributed by atoms with Crippen molar-refractivity contribution in [2.75, 3.05) is 19.6 Å². The second kappa shape index (κ2) is 10.8. The minimum absolute atomic E-state index is 0. The van der Waals surface area contributed by atoms with Crippen molar-refractivity contribution in [3.63, 3.8) is 0 Å². The third-order valence-corrected chi connectivity index (χ3v) is 7.02. The molecule has 3 aliphatic rings. The maximum absolute atomic E-state index is 12.9. The average Bonchev–Trinajstić information content (AvgIpc) is 3.17. The van der Waals surface area contributed by atoms with Gasteiger partial charge < -0.3 is 11.1 Å². The van der Waals surface area contributed by atoms with Gasteiger partial charge in [0, 0.05) is 18.5 Å². The molecule has 2 aliphatic carbocycles. The van der Waals surface area contributed by atoms with Crippen LogP contribution in [0.15, 0.2) is 30.3 Å². The number of amides is 1. The van der Waals surface area contributed by atoms with Gasteiger partial charge in [0.2, 0.25) is 5.91 Å². The first kappa shape index (κ1) is 23.5. The van der Waals surface area contributed by atoms with Crippen molar-refractivity contribution < 1.29 is 4.79 Å². The summed E-state index contributed by atoms with van der Waals surface area (Å²) in [7, 11) is 0. The van der Waals surface area contributed by atoms with Gasteiger partial charge in [0.15, 0.2) is 0 Å². The summed E-state index contributed by atoms with van der Waals surface area (Å²) in [4.78, 5) is 15.4. The zero-order chi connectivity index (χ0) is 17.9. The molecule has 0 aromatic heterocycles. The van der Waals surface area contributed by atoms with Gasteiger partial charge in [0.05, 0.1) is 6.04 Å². The number of nitrogens with two attached hydrogens (primary N) is 1. The predicted octanol–water partition coefficient (Wildman–Crippen LogP) is 3.94. The number of nitrogens with one attached hydrogen (secondary N) is 1. The van der Waals surface area contributed by atoms with E-state index < -0.39 is 0 Å². The van der Waals surface area contributed by atoms with Gasteiger partial charge in [-0.3, -0.25) is 9.69 Å². The highest BCUT2D eigenvalue weighted by atomic mass is 35.5. The van der Waals surface area contributed by atoms with E-state index >= 15 is 0 Å². The molecule has 1 aliphatic heterocycles. The fraction of sp³-hybridized carbons (Fsp3) is 0.682. The number of benzene rings is 1.